The molecule has 0 saturated heterocycles. The number of halogens is 6. The van der Waals surface area contributed by atoms with Gasteiger partial charge in [0, 0.05) is 66.6 Å². The standard InChI is InChI=1S/C16H22ClNO.C16H24ClN.C15H22ClN.C15H19ClN.C11H10ClN.C2H6.CH4O.BrH.Mg/c1-12(2)10-15(18-11-19)16(8-3-9-16)13-4-6-14(17)7-5-13;1-12(2)11-15(18-3)16(9-4-10-16)13-5-7-14(17)8-6-13;2*1-11(2)10-14(17)15(8-3-9-15)12-4-6-13(16)7-5-12;12-10-4-2-9(3-5-10)11(8-13)6-1-7-11;2*1-2;;/h4-7,11-12,15H,3,8-10H2,1-2H3,(H,18,19);5-8,12,15,18H,4,9-11H2,1-3H3;4-7,11,14H,3,8-10,17H2,1-2H3;4-7,11H,3,8-10H2,1-2H3;2-5H,1,6-7H2;1-2H3;2H,1H3;1H;/q;;;-1;;;;;+2/p-1. The second-order valence-electron chi connectivity index (χ2n) is 26.8. The van der Waals surface area contributed by atoms with E-state index in [4.69, 9.17) is 74.1 Å². The fourth-order valence-corrected chi connectivity index (χ4v) is 14.4. The minimum absolute atomic E-state index is 0. The zero-order valence-corrected chi connectivity index (χ0v) is 63.2. The Labute approximate surface area is 596 Å². The summed E-state index contributed by atoms with van der Waals surface area (Å²) in [7, 11) is 3.10. The Balaban J connectivity index is 0.000000377. The molecule has 3 unspecified atom stereocenters. The van der Waals surface area contributed by atoms with Crippen LogP contribution in [0.5, 0.6) is 0 Å². The summed E-state index contributed by atoms with van der Waals surface area (Å²) in [5.41, 5.74) is 13.9. The number of nitrogens with zero attached hydrogens (tertiary/aromatic N) is 2. The summed E-state index contributed by atoms with van der Waals surface area (Å²) in [4.78, 5) is 10.9. The van der Waals surface area contributed by atoms with Crippen molar-refractivity contribution in [3.8, 4) is 6.07 Å². The van der Waals surface area contributed by atoms with E-state index in [-0.39, 0.29) is 73.8 Å². The molecule has 7 nitrogen and oxygen atoms in total. The molecule has 5 aromatic carbocycles. The molecule has 492 valence electrons. The van der Waals surface area contributed by atoms with E-state index in [0.717, 1.165) is 114 Å². The molecule has 5 aromatic rings. The maximum Gasteiger partial charge on any atom is 2.00 e. The summed E-state index contributed by atoms with van der Waals surface area (Å²) in [5.74, 6) is 2.46. The average molecular weight is 1400 g/mol. The summed E-state index contributed by atoms with van der Waals surface area (Å²) in [6.07, 6.45) is 22.7. The van der Waals surface area contributed by atoms with Crippen molar-refractivity contribution in [2.75, 3.05) is 14.2 Å². The third-order valence-electron chi connectivity index (χ3n) is 19.4. The van der Waals surface area contributed by atoms with E-state index in [1.165, 1.54) is 80.0 Å². The molecule has 0 spiro atoms. The number of aliphatic hydroxyl groups is 1. The van der Waals surface area contributed by atoms with Gasteiger partial charge in [-0.05, 0) is 215 Å². The molecule has 10 rings (SSSR count). The summed E-state index contributed by atoms with van der Waals surface area (Å²) < 4.78 is 0. The molecule has 5 aliphatic rings. The summed E-state index contributed by atoms with van der Waals surface area (Å²) in [6.45, 7) is 21.8. The van der Waals surface area contributed by atoms with Crippen LogP contribution < -0.4 is 33.3 Å². The number of benzene rings is 5. The predicted molar refractivity (Wildman–Crippen MR) is 386 cm³/mol. The first kappa shape index (κ1) is 83.4. The number of nitriles is 1. The minimum Gasteiger partial charge on any atom is -1.00 e. The molecule has 5 saturated carbocycles. The second-order valence-corrected chi connectivity index (χ2v) is 28.9. The Morgan fingerprint density at radius 1 is 0.511 bits per heavy atom. The van der Waals surface area contributed by atoms with Gasteiger partial charge >= 0.3 is 23.1 Å². The van der Waals surface area contributed by atoms with Crippen molar-refractivity contribution < 1.29 is 26.9 Å². The number of likely N-dealkylation sites (N-methyl/N-ethyl adjacent to an activating group) is 1. The Bertz CT molecular complexity index is 2840. The van der Waals surface area contributed by atoms with E-state index in [9.17, 15) is 10.2 Å². The molecule has 0 aliphatic heterocycles. The van der Waals surface area contributed by atoms with Crippen LogP contribution in [0.1, 0.15) is 219 Å². The van der Waals surface area contributed by atoms with Gasteiger partial charge in [0.15, 0.2) is 0 Å². The van der Waals surface area contributed by atoms with Gasteiger partial charge < -0.3 is 43.9 Å². The molecule has 1 amide bonds. The summed E-state index contributed by atoms with van der Waals surface area (Å²) in [6, 6.07) is 43.9. The summed E-state index contributed by atoms with van der Waals surface area (Å²) in [5, 5.41) is 37.0. The SMILES string of the molecule is CC.CC(C)CC(=[N-])C1(c2ccc(Cl)cc2)CCC1.CC(C)CC(N)C1(c2ccc(Cl)cc2)CCC1.CC(C)CC(NC=O)C1(c2ccc(Cl)cc2)CCC1.CNC(CC(C)C)C1(c2ccc(Cl)cc2)CCC1.CO.N#CC1(c2ccc(Cl)cc2)CCC1.[Br-].[Mg+2]. The second kappa shape index (κ2) is 40.6. The van der Waals surface area contributed by atoms with Gasteiger partial charge in [0.25, 0.3) is 0 Å². The molecule has 5 N–H and O–H groups in total. The molecule has 14 heteroatoms. The van der Waals surface area contributed by atoms with Gasteiger partial charge in [0.1, 0.15) is 0 Å². The van der Waals surface area contributed by atoms with E-state index in [1.807, 2.05) is 86.6 Å². The van der Waals surface area contributed by atoms with Crippen molar-refractivity contribution in [2.24, 2.45) is 29.4 Å². The fourth-order valence-electron chi connectivity index (χ4n) is 13.8. The fraction of sp³-hybridized carbons (Fsp3) is 0.566. The third-order valence-corrected chi connectivity index (χ3v) is 20.6. The number of hydrogen-bond acceptors (Lipinski definition) is 5. The zero-order chi connectivity index (χ0) is 65.3. The first-order valence-corrected chi connectivity index (χ1v) is 34.8. The van der Waals surface area contributed by atoms with E-state index in [0.29, 0.717) is 34.9 Å². The number of amides is 1. The van der Waals surface area contributed by atoms with Crippen LogP contribution in [0.4, 0.5) is 0 Å². The number of hydrogen-bond donors (Lipinski definition) is 4. The van der Waals surface area contributed by atoms with Crippen molar-refractivity contribution in [2.45, 2.75) is 236 Å². The van der Waals surface area contributed by atoms with Crippen LogP contribution in [0, 0.1) is 35.0 Å². The van der Waals surface area contributed by atoms with Crippen LogP contribution >= 0.6 is 58.0 Å². The van der Waals surface area contributed by atoms with Gasteiger partial charge in [0.2, 0.25) is 6.41 Å². The Hall–Kier alpha value is -2.69. The normalized spacial score (nSPS) is 17.9. The van der Waals surface area contributed by atoms with Crippen LogP contribution in [-0.2, 0) is 31.9 Å². The number of rotatable bonds is 20. The molecule has 5 aliphatic carbocycles. The number of aliphatic hydroxyl groups excluding tert-OH is 1. The number of carbonyl (C=O) groups excluding carboxylic acids is 1. The van der Waals surface area contributed by atoms with Gasteiger partial charge in [-0.15, -0.1) is 0 Å². The van der Waals surface area contributed by atoms with Crippen LogP contribution in [0.25, 0.3) is 5.41 Å². The molecular formula is C76H107BrCl5MgN5O2. The average Bonchev–Trinajstić information content (AvgIpc) is 0.848. The maximum absolute atomic E-state index is 10.9. The van der Waals surface area contributed by atoms with Crippen molar-refractivity contribution in [1.29, 1.82) is 5.26 Å². The Morgan fingerprint density at radius 2 is 0.811 bits per heavy atom. The topological polar surface area (TPSA) is 133 Å². The smallest absolute Gasteiger partial charge is 1.00 e. The maximum atomic E-state index is 10.9. The molecule has 0 heterocycles. The van der Waals surface area contributed by atoms with E-state index in [1.54, 1.807) is 0 Å². The molecule has 0 bridgehead atoms. The van der Waals surface area contributed by atoms with Gasteiger partial charge in [-0.3, -0.25) is 4.79 Å². The van der Waals surface area contributed by atoms with Crippen LogP contribution in [0.15, 0.2) is 121 Å². The van der Waals surface area contributed by atoms with Gasteiger partial charge in [-0.1, -0.05) is 220 Å². The van der Waals surface area contributed by atoms with E-state index >= 15 is 0 Å². The van der Waals surface area contributed by atoms with Gasteiger partial charge in [-0.25, -0.2) is 0 Å². The van der Waals surface area contributed by atoms with Crippen molar-refractivity contribution >= 4 is 93.2 Å². The van der Waals surface area contributed by atoms with E-state index in [2.05, 4.69) is 128 Å². The Morgan fingerprint density at radius 3 is 1.07 bits per heavy atom. The van der Waals surface area contributed by atoms with Crippen molar-refractivity contribution in [1.82, 2.24) is 10.6 Å². The molecule has 0 radical (unpaired) electrons. The van der Waals surface area contributed by atoms with E-state index < -0.39 is 0 Å². The van der Waals surface area contributed by atoms with Crippen LogP contribution in [0.2, 0.25) is 25.1 Å². The van der Waals surface area contributed by atoms with Crippen molar-refractivity contribution in [3.05, 3.63) is 180 Å². The number of carbonyl (C=O) groups is 1. The van der Waals surface area contributed by atoms with Crippen LogP contribution in [-0.4, -0.2) is 72.6 Å². The van der Waals surface area contributed by atoms with Crippen molar-refractivity contribution in [3.63, 3.8) is 0 Å². The molecule has 3 atom stereocenters. The number of nitrogens with two attached hydrogens (primary N) is 1. The molecule has 90 heavy (non-hydrogen) atoms. The molecule has 0 aromatic heterocycles. The first-order chi connectivity index (χ1) is 42.0. The number of nitrogens with one attached hydrogen (secondary N) is 2. The quantitative estimate of drug-likeness (QED) is 0.0350. The third kappa shape index (κ3) is 22.2. The molecule has 5 fully saturated rings. The minimum atomic E-state index is -0.204. The predicted octanol–water partition coefficient (Wildman–Crippen LogP) is 17.8. The monoisotopic (exact) mass is 1400 g/mol. The van der Waals surface area contributed by atoms with Gasteiger partial charge in [0.05, 0.1) is 11.5 Å². The molecular weight excluding hydrogens is 1300 g/mol. The zero-order valence-electron chi connectivity index (χ0n) is 56.4. The Kier molecular flexibility index (Phi) is 37.7. The van der Waals surface area contributed by atoms with Gasteiger partial charge in [-0.2, -0.15) is 11.0 Å². The van der Waals surface area contributed by atoms with Crippen LogP contribution in [0.3, 0.4) is 0 Å². The largest absolute Gasteiger partial charge is 2.00 e. The summed E-state index contributed by atoms with van der Waals surface area (Å²) >= 11 is 29.6. The first-order valence-electron chi connectivity index (χ1n) is 32.9.